The summed E-state index contributed by atoms with van der Waals surface area (Å²) in [6.07, 6.45) is -0.0957. The monoisotopic (exact) mass is 475 g/mol. The molecule has 0 saturated carbocycles. The van der Waals surface area contributed by atoms with Crippen molar-refractivity contribution in [3.8, 4) is 0 Å². The summed E-state index contributed by atoms with van der Waals surface area (Å²) in [5, 5.41) is 17.5. The number of carboxylic acids is 1. The fraction of sp³-hybridized carbons (Fsp3) is 0.222. The molecule has 0 aliphatic carbocycles. The molecule has 8 nitrogen and oxygen atoms in total. The Hall–Kier alpha value is -4.33. The molecule has 3 amide bonds. The zero-order chi connectivity index (χ0) is 24.9. The lowest BCUT2D eigenvalue weighted by Crippen LogP contribution is -2.47. The Morgan fingerprint density at radius 2 is 1.31 bits per heavy atom. The summed E-state index contributed by atoms with van der Waals surface area (Å²) in [5.74, 6) is -1.15. The molecule has 35 heavy (non-hydrogen) atoms. The molecular weight excluding hydrogens is 446 g/mol. The first kappa shape index (κ1) is 25.3. The van der Waals surface area contributed by atoms with E-state index in [0.717, 1.165) is 16.7 Å². The molecule has 0 aliphatic heterocycles. The van der Waals surface area contributed by atoms with E-state index in [0.29, 0.717) is 6.42 Å². The van der Waals surface area contributed by atoms with Gasteiger partial charge in [0.1, 0.15) is 12.6 Å². The number of carbonyl (C=O) groups is 3. The maximum absolute atomic E-state index is 12.7. The van der Waals surface area contributed by atoms with E-state index in [-0.39, 0.29) is 19.6 Å². The SMILES string of the molecule is O=C(NC(CCCNC(=O)OCc1ccccc1)C(=O)O)NC(c1ccccc1)c1ccccc1. The third-order valence-electron chi connectivity index (χ3n) is 5.30. The highest BCUT2D eigenvalue weighted by molar-refractivity contribution is 5.83. The number of hydrogen-bond acceptors (Lipinski definition) is 4. The highest BCUT2D eigenvalue weighted by Crippen LogP contribution is 2.21. The van der Waals surface area contributed by atoms with Crippen LogP contribution in [-0.4, -0.2) is 35.8 Å². The van der Waals surface area contributed by atoms with Gasteiger partial charge in [-0.3, -0.25) is 0 Å². The fourth-order valence-electron chi connectivity index (χ4n) is 3.51. The highest BCUT2D eigenvalue weighted by Gasteiger charge is 2.22. The Kier molecular flexibility index (Phi) is 9.68. The van der Waals surface area contributed by atoms with Crippen LogP contribution in [0.5, 0.6) is 0 Å². The zero-order valence-corrected chi connectivity index (χ0v) is 19.2. The van der Waals surface area contributed by atoms with Crippen LogP contribution in [0.3, 0.4) is 0 Å². The summed E-state index contributed by atoms with van der Waals surface area (Å²) in [6, 6.07) is 26.0. The van der Waals surface area contributed by atoms with Crippen molar-refractivity contribution in [1.82, 2.24) is 16.0 Å². The number of ether oxygens (including phenoxy) is 1. The van der Waals surface area contributed by atoms with Gasteiger partial charge in [0.25, 0.3) is 0 Å². The molecular formula is C27H29N3O5. The minimum Gasteiger partial charge on any atom is -0.480 e. The molecule has 3 aromatic carbocycles. The second-order valence-corrected chi connectivity index (χ2v) is 7.89. The third kappa shape index (κ3) is 8.51. The maximum atomic E-state index is 12.7. The Morgan fingerprint density at radius 1 is 0.771 bits per heavy atom. The maximum Gasteiger partial charge on any atom is 0.407 e. The van der Waals surface area contributed by atoms with Crippen LogP contribution in [0.25, 0.3) is 0 Å². The van der Waals surface area contributed by atoms with Crippen molar-refractivity contribution in [3.05, 3.63) is 108 Å². The number of carbonyl (C=O) groups excluding carboxylic acids is 2. The van der Waals surface area contributed by atoms with Crippen LogP contribution in [0, 0.1) is 0 Å². The molecule has 0 aliphatic rings. The van der Waals surface area contributed by atoms with Crippen LogP contribution < -0.4 is 16.0 Å². The normalized spacial score (nSPS) is 11.3. The predicted octanol–water partition coefficient (Wildman–Crippen LogP) is 4.24. The van der Waals surface area contributed by atoms with Gasteiger partial charge in [-0.25, -0.2) is 14.4 Å². The first-order valence-corrected chi connectivity index (χ1v) is 11.4. The molecule has 3 rings (SSSR count). The lowest BCUT2D eigenvalue weighted by atomic mass is 9.99. The second-order valence-electron chi connectivity index (χ2n) is 7.89. The molecule has 0 radical (unpaired) electrons. The molecule has 0 heterocycles. The summed E-state index contributed by atoms with van der Waals surface area (Å²) in [7, 11) is 0. The number of hydrogen-bond donors (Lipinski definition) is 4. The molecule has 0 saturated heterocycles. The van der Waals surface area contributed by atoms with Gasteiger partial charge in [0, 0.05) is 6.54 Å². The lowest BCUT2D eigenvalue weighted by Gasteiger charge is -2.22. The van der Waals surface area contributed by atoms with Crippen LogP contribution in [0.2, 0.25) is 0 Å². The molecule has 0 aromatic heterocycles. The zero-order valence-electron chi connectivity index (χ0n) is 19.2. The Morgan fingerprint density at radius 3 is 1.86 bits per heavy atom. The van der Waals surface area contributed by atoms with Gasteiger partial charge in [-0.2, -0.15) is 0 Å². The van der Waals surface area contributed by atoms with E-state index in [1.165, 1.54) is 0 Å². The van der Waals surface area contributed by atoms with E-state index in [9.17, 15) is 19.5 Å². The van der Waals surface area contributed by atoms with Crippen LogP contribution in [0.1, 0.15) is 35.6 Å². The van der Waals surface area contributed by atoms with E-state index in [1.807, 2.05) is 91.0 Å². The summed E-state index contributed by atoms with van der Waals surface area (Å²) >= 11 is 0. The van der Waals surface area contributed by atoms with Crippen LogP contribution in [0.15, 0.2) is 91.0 Å². The minimum absolute atomic E-state index is 0.142. The quantitative estimate of drug-likeness (QED) is 0.310. The number of nitrogens with one attached hydrogen (secondary N) is 3. The van der Waals surface area contributed by atoms with Crippen molar-refractivity contribution < 1.29 is 24.2 Å². The van der Waals surface area contributed by atoms with Gasteiger partial charge in [0.2, 0.25) is 0 Å². The van der Waals surface area contributed by atoms with E-state index in [1.54, 1.807) is 0 Å². The molecule has 4 N–H and O–H groups in total. The first-order valence-electron chi connectivity index (χ1n) is 11.4. The standard InChI is InChI=1S/C27H29N3O5/c31-25(32)23(17-10-18-28-27(34)35-19-20-11-4-1-5-12-20)29-26(33)30-24(21-13-6-2-7-14-21)22-15-8-3-9-16-22/h1-9,11-16,23-24H,10,17-19H2,(H,28,34)(H,31,32)(H2,29,30,33). The molecule has 0 fully saturated rings. The average molecular weight is 476 g/mol. The van der Waals surface area contributed by atoms with Crippen molar-refractivity contribution >= 4 is 18.1 Å². The molecule has 182 valence electrons. The largest absolute Gasteiger partial charge is 0.480 e. The second kappa shape index (κ2) is 13.4. The number of amides is 3. The number of carboxylic acid groups (broad SMARTS) is 1. The predicted molar refractivity (Wildman–Crippen MR) is 132 cm³/mol. The molecule has 1 unspecified atom stereocenters. The average Bonchev–Trinajstić information content (AvgIpc) is 2.89. The summed E-state index contributed by atoms with van der Waals surface area (Å²) in [4.78, 5) is 36.2. The van der Waals surface area contributed by atoms with E-state index < -0.39 is 30.2 Å². The topological polar surface area (TPSA) is 117 Å². The number of rotatable bonds is 11. The van der Waals surface area contributed by atoms with Gasteiger partial charge in [0.05, 0.1) is 6.04 Å². The number of benzene rings is 3. The Labute approximate surface area is 204 Å². The fourth-order valence-corrected chi connectivity index (χ4v) is 3.51. The van der Waals surface area contributed by atoms with E-state index in [2.05, 4.69) is 16.0 Å². The van der Waals surface area contributed by atoms with E-state index >= 15 is 0 Å². The summed E-state index contributed by atoms with van der Waals surface area (Å²) in [5.41, 5.74) is 2.62. The minimum atomic E-state index is -1.15. The van der Waals surface area contributed by atoms with Crippen molar-refractivity contribution in [2.24, 2.45) is 0 Å². The van der Waals surface area contributed by atoms with E-state index in [4.69, 9.17) is 4.74 Å². The van der Waals surface area contributed by atoms with Crippen molar-refractivity contribution in [2.75, 3.05) is 6.54 Å². The first-order chi connectivity index (χ1) is 17.0. The molecule has 1 atom stereocenters. The lowest BCUT2D eigenvalue weighted by molar-refractivity contribution is -0.139. The molecule has 0 spiro atoms. The molecule has 0 bridgehead atoms. The number of urea groups is 1. The van der Waals surface area contributed by atoms with Gasteiger partial charge in [-0.15, -0.1) is 0 Å². The molecule has 3 aromatic rings. The summed E-state index contributed by atoms with van der Waals surface area (Å²) < 4.78 is 5.13. The van der Waals surface area contributed by atoms with Crippen molar-refractivity contribution in [3.63, 3.8) is 0 Å². The van der Waals surface area contributed by atoms with Gasteiger partial charge in [-0.05, 0) is 29.5 Å². The van der Waals surface area contributed by atoms with Gasteiger partial charge < -0.3 is 25.8 Å². The van der Waals surface area contributed by atoms with Crippen LogP contribution >= 0.6 is 0 Å². The van der Waals surface area contributed by atoms with Gasteiger partial charge in [-0.1, -0.05) is 91.0 Å². The Bertz CT molecular complexity index is 1040. The van der Waals surface area contributed by atoms with Crippen molar-refractivity contribution in [2.45, 2.75) is 31.5 Å². The number of aliphatic carboxylic acids is 1. The number of alkyl carbamates (subject to hydrolysis) is 1. The molecule has 8 heteroatoms. The van der Waals surface area contributed by atoms with Crippen LogP contribution in [0.4, 0.5) is 9.59 Å². The smallest absolute Gasteiger partial charge is 0.407 e. The highest BCUT2D eigenvalue weighted by atomic mass is 16.5. The van der Waals surface area contributed by atoms with Crippen molar-refractivity contribution in [1.29, 1.82) is 0 Å². The van der Waals surface area contributed by atoms with Gasteiger partial charge in [0.15, 0.2) is 0 Å². The van der Waals surface area contributed by atoms with Gasteiger partial charge >= 0.3 is 18.1 Å². The third-order valence-corrected chi connectivity index (χ3v) is 5.30. The summed E-state index contributed by atoms with van der Waals surface area (Å²) in [6.45, 7) is 0.369. The van der Waals surface area contributed by atoms with Crippen LogP contribution in [-0.2, 0) is 16.1 Å². The Balaban J connectivity index is 1.47.